The first-order valence-electron chi connectivity index (χ1n) is 6.26. The first-order chi connectivity index (χ1) is 8.70. The molecule has 2 heterocycles. The van der Waals surface area contributed by atoms with Crippen LogP contribution in [0.15, 0.2) is 12.4 Å². The van der Waals surface area contributed by atoms with E-state index in [1.807, 2.05) is 6.92 Å². The molecule has 1 amide bonds. The number of aromatic nitrogens is 2. The zero-order valence-corrected chi connectivity index (χ0v) is 10.8. The molecule has 1 saturated heterocycles. The fraction of sp³-hybridized carbons (Fsp3) is 0.667. The lowest BCUT2D eigenvalue weighted by Gasteiger charge is -2.29. The van der Waals surface area contributed by atoms with E-state index in [-0.39, 0.29) is 5.91 Å². The lowest BCUT2D eigenvalue weighted by Crippen LogP contribution is -2.46. The number of amides is 1. The van der Waals surface area contributed by atoms with Crippen molar-refractivity contribution in [3.05, 3.63) is 12.4 Å². The van der Waals surface area contributed by atoms with Crippen molar-refractivity contribution in [1.82, 2.24) is 14.7 Å². The minimum absolute atomic E-state index is 0.00236. The van der Waals surface area contributed by atoms with Gasteiger partial charge < -0.3 is 14.4 Å². The van der Waals surface area contributed by atoms with Crippen LogP contribution in [-0.2, 0) is 16.1 Å². The number of aryl methyl sites for hydroxylation is 1. The summed E-state index contributed by atoms with van der Waals surface area (Å²) in [5.41, 5.74) is 0. The van der Waals surface area contributed by atoms with Crippen LogP contribution in [0.25, 0.3) is 0 Å². The van der Waals surface area contributed by atoms with E-state index in [4.69, 9.17) is 9.47 Å². The Labute approximate surface area is 106 Å². The molecule has 0 radical (unpaired) electrons. The molecule has 1 aliphatic heterocycles. The van der Waals surface area contributed by atoms with Crippen LogP contribution in [0.1, 0.15) is 13.8 Å². The minimum atomic E-state index is -0.488. The van der Waals surface area contributed by atoms with Gasteiger partial charge in [-0.3, -0.25) is 9.48 Å². The fourth-order valence-electron chi connectivity index (χ4n) is 1.87. The molecule has 1 aliphatic rings. The Hall–Kier alpha value is -1.56. The van der Waals surface area contributed by atoms with Crippen molar-refractivity contribution >= 4 is 5.91 Å². The zero-order valence-electron chi connectivity index (χ0n) is 10.8. The maximum Gasteiger partial charge on any atom is 0.263 e. The van der Waals surface area contributed by atoms with E-state index in [2.05, 4.69) is 5.10 Å². The highest BCUT2D eigenvalue weighted by molar-refractivity contribution is 5.81. The normalized spacial score (nSPS) is 17.6. The van der Waals surface area contributed by atoms with Crippen molar-refractivity contribution in [2.45, 2.75) is 26.5 Å². The van der Waals surface area contributed by atoms with Gasteiger partial charge in [0, 0.05) is 19.6 Å². The molecule has 6 nitrogen and oxygen atoms in total. The topological polar surface area (TPSA) is 56.6 Å². The Balaban J connectivity index is 1.89. The Morgan fingerprint density at radius 1 is 1.56 bits per heavy atom. The molecule has 2 rings (SSSR count). The number of nitrogens with zero attached hydrogens (tertiary/aromatic N) is 3. The third kappa shape index (κ3) is 3.01. The highest BCUT2D eigenvalue weighted by atomic mass is 16.5. The van der Waals surface area contributed by atoms with Crippen LogP contribution < -0.4 is 4.74 Å². The van der Waals surface area contributed by atoms with Gasteiger partial charge in [-0.05, 0) is 13.8 Å². The number of carbonyl (C=O) groups is 1. The summed E-state index contributed by atoms with van der Waals surface area (Å²) in [5.74, 6) is 0.633. The van der Waals surface area contributed by atoms with E-state index in [0.29, 0.717) is 32.1 Å². The Kier molecular flexibility index (Phi) is 4.19. The van der Waals surface area contributed by atoms with Crippen LogP contribution in [0.4, 0.5) is 0 Å². The van der Waals surface area contributed by atoms with Gasteiger partial charge in [-0.1, -0.05) is 0 Å². The molecule has 1 unspecified atom stereocenters. The van der Waals surface area contributed by atoms with Gasteiger partial charge in [0.15, 0.2) is 11.9 Å². The second-order valence-corrected chi connectivity index (χ2v) is 4.23. The quantitative estimate of drug-likeness (QED) is 0.785. The summed E-state index contributed by atoms with van der Waals surface area (Å²) < 4.78 is 12.6. The summed E-state index contributed by atoms with van der Waals surface area (Å²) in [6.07, 6.45) is 2.94. The molecule has 0 bridgehead atoms. The van der Waals surface area contributed by atoms with E-state index in [1.165, 1.54) is 0 Å². The smallest absolute Gasteiger partial charge is 0.263 e. The summed E-state index contributed by atoms with van der Waals surface area (Å²) >= 11 is 0. The van der Waals surface area contributed by atoms with E-state index >= 15 is 0 Å². The molecule has 1 aromatic rings. The van der Waals surface area contributed by atoms with Crippen molar-refractivity contribution in [2.75, 3.05) is 26.3 Å². The van der Waals surface area contributed by atoms with Crippen molar-refractivity contribution in [1.29, 1.82) is 0 Å². The summed E-state index contributed by atoms with van der Waals surface area (Å²) in [6.45, 7) is 7.04. The standard InChI is InChI=1S/C12H19N3O3/c1-3-15-9-11(8-13-15)18-10(2)12(16)14-4-6-17-7-5-14/h8-10H,3-7H2,1-2H3. The van der Waals surface area contributed by atoms with Crippen molar-refractivity contribution in [2.24, 2.45) is 0 Å². The van der Waals surface area contributed by atoms with E-state index in [1.54, 1.807) is 28.9 Å². The maximum absolute atomic E-state index is 12.1. The Bertz CT molecular complexity index is 399. The molecule has 1 fully saturated rings. The summed E-state index contributed by atoms with van der Waals surface area (Å²) in [6, 6.07) is 0. The Morgan fingerprint density at radius 2 is 2.28 bits per heavy atom. The van der Waals surface area contributed by atoms with Gasteiger partial charge in [0.25, 0.3) is 5.91 Å². The molecule has 0 aromatic carbocycles. The molecule has 6 heteroatoms. The predicted octanol–water partition coefficient (Wildman–Crippen LogP) is 0.529. The van der Waals surface area contributed by atoms with Crippen molar-refractivity contribution < 1.29 is 14.3 Å². The number of morpholine rings is 1. The molecule has 0 saturated carbocycles. The maximum atomic E-state index is 12.1. The first-order valence-corrected chi connectivity index (χ1v) is 6.26. The number of rotatable bonds is 4. The van der Waals surface area contributed by atoms with Crippen LogP contribution in [0.5, 0.6) is 5.75 Å². The zero-order chi connectivity index (χ0) is 13.0. The molecule has 0 N–H and O–H groups in total. The highest BCUT2D eigenvalue weighted by Crippen LogP contribution is 2.12. The van der Waals surface area contributed by atoms with Crippen LogP contribution >= 0.6 is 0 Å². The predicted molar refractivity (Wildman–Crippen MR) is 65.4 cm³/mol. The average molecular weight is 253 g/mol. The van der Waals surface area contributed by atoms with Crippen LogP contribution in [0.2, 0.25) is 0 Å². The third-order valence-corrected chi connectivity index (χ3v) is 2.92. The van der Waals surface area contributed by atoms with E-state index < -0.39 is 6.10 Å². The monoisotopic (exact) mass is 253 g/mol. The van der Waals surface area contributed by atoms with Crippen LogP contribution in [0.3, 0.4) is 0 Å². The van der Waals surface area contributed by atoms with Crippen molar-refractivity contribution in [3.8, 4) is 5.75 Å². The lowest BCUT2D eigenvalue weighted by molar-refractivity contribution is -0.142. The number of carbonyl (C=O) groups excluding carboxylic acids is 1. The number of hydrogen-bond donors (Lipinski definition) is 0. The average Bonchev–Trinajstić information content (AvgIpc) is 2.86. The molecule has 1 aromatic heterocycles. The number of hydrogen-bond acceptors (Lipinski definition) is 4. The SMILES string of the molecule is CCn1cc(OC(C)C(=O)N2CCOCC2)cn1. The van der Waals surface area contributed by atoms with Gasteiger partial charge in [-0.15, -0.1) is 0 Å². The second-order valence-electron chi connectivity index (χ2n) is 4.23. The van der Waals surface area contributed by atoms with Gasteiger partial charge in [0.05, 0.1) is 25.6 Å². The third-order valence-electron chi connectivity index (χ3n) is 2.92. The van der Waals surface area contributed by atoms with E-state index in [0.717, 1.165) is 6.54 Å². The molecule has 1 atom stereocenters. The molecule has 0 spiro atoms. The Morgan fingerprint density at radius 3 is 2.89 bits per heavy atom. The van der Waals surface area contributed by atoms with E-state index in [9.17, 15) is 4.79 Å². The molecule has 0 aliphatic carbocycles. The second kappa shape index (κ2) is 5.86. The highest BCUT2D eigenvalue weighted by Gasteiger charge is 2.23. The van der Waals surface area contributed by atoms with Crippen LogP contribution in [0, 0.1) is 0 Å². The summed E-state index contributed by atoms with van der Waals surface area (Å²) in [5, 5.41) is 4.11. The van der Waals surface area contributed by atoms with Crippen molar-refractivity contribution in [3.63, 3.8) is 0 Å². The fourth-order valence-corrected chi connectivity index (χ4v) is 1.87. The summed E-state index contributed by atoms with van der Waals surface area (Å²) in [7, 11) is 0. The lowest BCUT2D eigenvalue weighted by atomic mass is 10.3. The van der Waals surface area contributed by atoms with Gasteiger partial charge in [0.2, 0.25) is 0 Å². The largest absolute Gasteiger partial charge is 0.478 e. The first kappa shape index (κ1) is 12.9. The van der Waals surface area contributed by atoms with Gasteiger partial charge >= 0.3 is 0 Å². The minimum Gasteiger partial charge on any atom is -0.478 e. The number of ether oxygens (including phenoxy) is 2. The molecule has 100 valence electrons. The van der Waals surface area contributed by atoms with Gasteiger partial charge in [0.1, 0.15) is 0 Å². The van der Waals surface area contributed by atoms with Gasteiger partial charge in [-0.2, -0.15) is 5.10 Å². The molecule has 18 heavy (non-hydrogen) atoms. The summed E-state index contributed by atoms with van der Waals surface area (Å²) in [4.78, 5) is 13.9. The molecular weight excluding hydrogens is 234 g/mol. The van der Waals surface area contributed by atoms with Gasteiger partial charge in [-0.25, -0.2) is 0 Å². The molecular formula is C12H19N3O3. The van der Waals surface area contributed by atoms with Crippen LogP contribution in [-0.4, -0.2) is 53.0 Å².